The molecular weight excluding hydrogens is 196 g/mol. The minimum absolute atomic E-state index is 0.265. The zero-order valence-corrected chi connectivity index (χ0v) is 8.43. The molecule has 2 aromatic rings. The topological polar surface area (TPSA) is 61.6 Å². The van der Waals surface area contributed by atoms with E-state index in [-0.39, 0.29) is 6.54 Å². The predicted octanol–water partition coefficient (Wildman–Crippen LogP) is 1.94. The van der Waals surface area contributed by atoms with Crippen molar-refractivity contribution in [2.75, 3.05) is 11.9 Å². The molecule has 0 saturated heterocycles. The molecule has 4 nitrogen and oxygen atoms in total. The Morgan fingerprint density at radius 2 is 2.43 bits per heavy atom. The van der Waals surface area contributed by atoms with E-state index in [1.54, 1.807) is 11.3 Å². The van der Waals surface area contributed by atoms with Crippen molar-refractivity contribution in [3.63, 3.8) is 0 Å². The number of nitrogens with one attached hydrogen (secondary N) is 1. The highest BCUT2D eigenvalue weighted by Gasteiger charge is 2.07. The van der Waals surface area contributed by atoms with Crippen molar-refractivity contribution < 1.29 is 0 Å². The highest BCUT2D eigenvalue weighted by molar-refractivity contribution is 7.17. The summed E-state index contributed by atoms with van der Waals surface area (Å²) in [6.07, 6.45) is 1.51. The van der Waals surface area contributed by atoms with E-state index in [4.69, 9.17) is 5.26 Å². The number of rotatable bonds is 2. The third-order valence-corrected chi connectivity index (χ3v) is 2.89. The van der Waals surface area contributed by atoms with Crippen LogP contribution in [-0.4, -0.2) is 16.5 Å². The molecule has 2 aromatic heterocycles. The van der Waals surface area contributed by atoms with Crippen LogP contribution in [0.3, 0.4) is 0 Å². The molecule has 14 heavy (non-hydrogen) atoms. The van der Waals surface area contributed by atoms with E-state index in [2.05, 4.69) is 15.3 Å². The van der Waals surface area contributed by atoms with E-state index in [0.29, 0.717) is 0 Å². The van der Waals surface area contributed by atoms with Crippen molar-refractivity contribution in [1.29, 1.82) is 5.26 Å². The molecule has 0 bridgehead atoms. The Balaban J connectivity index is 2.53. The summed E-state index contributed by atoms with van der Waals surface area (Å²) in [6.45, 7) is 2.28. The normalized spacial score (nSPS) is 10.0. The zero-order valence-electron chi connectivity index (χ0n) is 7.61. The van der Waals surface area contributed by atoms with E-state index in [1.807, 2.05) is 18.4 Å². The van der Waals surface area contributed by atoms with Crippen LogP contribution in [0.4, 0.5) is 5.82 Å². The summed E-state index contributed by atoms with van der Waals surface area (Å²) >= 11 is 1.59. The van der Waals surface area contributed by atoms with Crippen molar-refractivity contribution >= 4 is 27.4 Å². The molecule has 5 heteroatoms. The second-order valence-electron chi connectivity index (χ2n) is 2.83. The number of aromatic nitrogens is 2. The van der Waals surface area contributed by atoms with Gasteiger partial charge >= 0.3 is 0 Å². The van der Waals surface area contributed by atoms with Crippen LogP contribution in [0.1, 0.15) is 5.56 Å². The van der Waals surface area contributed by atoms with Gasteiger partial charge in [-0.3, -0.25) is 0 Å². The Labute approximate surface area is 85.2 Å². The van der Waals surface area contributed by atoms with Crippen molar-refractivity contribution in [3.05, 3.63) is 17.3 Å². The van der Waals surface area contributed by atoms with E-state index in [9.17, 15) is 0 Å². The average molecular weight is 204 g/mol. The smallest absolute Gasteiger partial charge is 0.139 e. The van der Waals surface area contributed by atoms with Crippen LogP contribution in [0.5, 0.6) is 0 Å². The Morgan fingerprint density at radius 1 is 1.57 bits per heavy atom. The van der Waals surface area contributed by atoms with Gasteiger partial charge in [0.1, 0.15) is 23.5 Å². The van der Waals surface area contributed by atoms with Gasteiger partial charge in [0.15, 0.2) is 0 Å². The molecule has 0 spiro atoms. The first kappa shape index (κ1) is 8.91. The Bertz CT molecular complexity index is 497. The molecule has 0 aliphatic heterocycles. The first-order valence-corrected chi connectivity index (χ1v) is 5.00. The first-order valence-electron chi connectivity index (χ1n) is 4.12. The Hall–Kier alpha value is -1.67. The zero-order chi connectivity index (χ0) is 9.97. The number of nitrogens with zero attached hydrogens (tertiary/aromatic N) is 3. The molecule has 0 atom stereocenters. The molecule has 0 aliphatic carbocycles. The standard InChI is InChI=1S/C9H8N4S/c1-6-4-14-9-7(6)8(11-3-2-10)12-5-13-9/h4-5H,3H2,1H3,(H,11,12,13). The van der Waals surface area contributed by atoms with Crippen molar-refractivity contribution in [3.8, 4) is 6.07 Å². The van der Waals surface area contributed by atoms with E-state index in [1.165, 1.54) is 6.33 Å². The third kappa shape index (κ3) is 1.40. The Morgan fingerprint density at radius 3 is 3.21 bits per heavy atom. The summed E-state index contributed by atoms with van der Waals surface area (Å²) in [5, 5.41) is 14.5. The van der Waals surface area contributed by atoms with Gasteiger partial charge < -0.3 is 5.32 Å². The minimum Gasteiger partial charge on any atom is -0.356 e. The fourth-order valence-electron chi connectivity index (χ4n) is 1.27. The lowest BCUT2D eigenvalue weighted by Gasteiger charge is -2.02. The molecule has 70 valence electrons. The van der Waals surface area contributed by atoms with E-state index < -0.39 is 0 Å². The number of fused-ring (bicyclic) bond motifs is 1. The highest BCUT2D eigenvalue weighted by atomic mass is 32.1. The summed E-state index contributed by atoms with van der Waals surface area (Å²) in [7, 11) is 0. The van der Waals surface area contributed by atoms with Crippen LogP contribution in [0.15, 0.2) is 11.7 Å². The lowest BCUT2D eigenvalue weighted by molar-refractivity contribution is 1.19. The number of thiophene rings is 1. The molecule has 0 saturated carbocycles. The lowest BCUT2D eigenvalue weighted by Crippen LogP contribution is -2.01. The van der Waals surface area contributed by atoms with Crippen molar-refractivity contribution in [2.45, 2.75) is 6.92 Å². The summed E-state index contributed by atoms with van der Waals surface area (Å²) in [5.74, 6) is 0.746. The first-order chi connectivity index (χ1) is 6.83. The molecule has 0 radical (unpaired) electrons. The molecule has 2 rings (SSSR count). The van der Waals surface area contributed by atoms with E-state index >= 15 is 0 Å². The molecule has 0 aliphatic rings. The lowest BCUT2D eigenvalue weighted by atomic mass is 10.2. The molecular formula is C9H8N4S. The number of nitriles is 1. The van der Waals surface area contributed by atoms with Crippen molar-refractivity contribution in [2.24, 2.45) is 0 Å². The van der Waals surface area contributed by atoms with Crippen LogP contribution in [0, 0.1) is 18.3 Å². The Kier molecular flexibility index (Phi) is 2.29. The van der Waals surface area contributed by atoms with Gasteiger partial charge in [0.05, 0.1) is 11.5 Å². The number of anilines is 1. The molecule has 0 aromatic carbocycles. The number of aryl methyl sites for hydroxylation is 1. The maximum Gasteiger partial charge on any atom is 0.139 e. The molecule has 2 heterocycles. The summed E-state index contributed by atoms with van der Waals surface area (Å²) in [5.41, 5.74) is 1.14. The van der Waals surface area contributed by atoms with Gasteiger partial charge in [0.25, 0.3) is 0 Å². The molecule has 0 unspecified atom stereocenters. The summed E-state index contributed by atoms with van der Waals surface area (Å²) < 4.78 is 0. The maximum atomic E-state index is 8.47. The summed E-state index contributed by atoms with van der Waals surface area (Å²) in [6, 6.07) is 2.02. The van der Waals surface area contributed by atoms with Crippen molar-refractivity contribution in [1.82, 2.24) is 9.97 Å². The largest absolute Gasteiger partial charge is 0.356 e. The van der Waals surface area contributed by atoms with Gasteiger partial charge in [-0.1, -0.05) is 0 Å². The highest BCUT2D eigenvalue weighted by Crippen LogP contribution is 2.27. The fraction of sp³-hybridized carbons (Fsp3) is 0.222. The third-order valence-electron chi connectivity index (χ3n) is 1.89. The van der Waals surface area contributed by atoms with Crippen LogP contribution in [0.2, 0.25) is 0 Å². The minimum atomic E-state index is 0.265. The fourth-order valence-corrected chi connectivity index (χ4v) is 2.16. The van der Waals surface area contributed by atoms with Crippen LogP contribution < -0.4 is 5.32 Å². The predicted molar refractivity (Wildman–Crippen MR) is 56.3 cm³/mol. The summed E-state index contributed by atoms with van der Waals surface area (Å²) in [4.78, 5) is 9.22. The van der Waals surface area contributed by atoms with Crippen LogP contribution >= 0.6 is 11.3 Å². The van der Waals surface area contributed by atoms with Gasteiger partial charge in [-0.05, 0) is 17.9 Å². The van der Waals surface area contributed by atoms with Gasteiger partial charge in [-0.2, -0.15) is 5.26 Å². The number of hydrogen-bond acceptors (Lipinski definition) is 5. The maximum absolute atomic E-state index is 8.47. The van der Waals surface area contributed by atoms with Gasteiger partial charge in [0, 0.05) is 0 Å². The van der Waals surface area contributed by atoms with Crippen LogP contribution in [0.25, 0.3) is 10.2 Å². The second-order valence-corrected chi connectivity index (χ2v) is 3.69. The SMILES string of the molecule is Cc1csc2ncnc(NCC#N)c12. The average Bonchev–Trinajstić information content (AvgIpc) is 2.58. The molecule has 0 amide bonds. The van der Waals surface area contributed by atoms with Crippen LogP contribution in [-0.2, 0) is 0 Å². The van der Waals surface area contributed by atoms with Gasteiger partial charge in [-0.15, -0.1) is 11.3 Å². The monoisotopic (exact) mass is 204 g/mol. The molecule has 0 fully saturated rings. The number of hydrogen-bond donors (Lipinski definition) is 1. The molecule has 1 N–H and O–H groups in total. The van der Waals surface area contributed by atoms with Gasteiger partial charge in [0.2, 0.25) is 0 Å². The van der Waals surface area contributed by atoms with Gasteiger partial charge in [-0.25, -0.2) is 9.97 Å². The quantitative estimate of drug-likeness (QED) is 0.759. The second kappa shape index (κ2) is 3.60. The van der Waals surface area contributed by atoms with E-state index in [0.717, 1.165) is 21.6 Å².